The molecule has 1 heterocycles. The van der Waals surface area contributed by atoms with Gasteiger partial charge in [0.25, 0.3) is 0 Å². The van der Waals surface area contributed by atoms with Crippen LogP contribution in [-0.4, -0.2) is 55.0 Å². The van der Waals surface area contributed by atoms with Crippen LogP contribution in [0.5, 0.6) is 5.75 Å². The van der Waals surface area contributed by atoms with Gasteiger partial charge in [-0.25, -0.2) is 0 Å². The van der Waals surface area contributed by atoms with Gasteiger partial charge in [-0.15, -0.1) is 0 Å². The van der Waals surface area contributed by atoms with Crippen LogP contribution in [0, 0.1) is 12.8 Å². The van der Waals surface area contributed by atoms with Gasteiger partial charge in [-0.1, -0.05) is 18.2 Å². The first-order chi connectivity index (χ1) is 11.5. The predicted molar refractivity (Wildman–Crippen MR) is 98.4 cm³/mol. The van der Waals surface area contributed by atoms with Gasteiger partial charge in [-0.05, 0) is 58.2 Å². The molecule has 0 saturated carbocycles. The molecular formula is C20H32N2O2. The number of aryl methyl sites for hydroxylation is 1. The third-order valence-electron chi connectivity index (χ3n) is 4.77. The lowest BCUT2D eigenvalue weighted by molar-refractivity contribution is -0.136. The number of hydrogen-bond donors (Lipinski definition) is 0. The normalized spacial score (nSPS) is 18.5. The first kappa shape index (κ1) is 18.8. The van der Waals surface area contributed by atoms with E-state index in [1.54, 1.807) is 0 Å². The van der Waals surface area contributed by atoms with Gasteiger partial charge < -0.3 is 14.5 Å². The summed E-state index contributed by atoms with van der Waals surface area (Å²) in [5.41, 5.74) is 1.19. The number of hydrogen-bond acceptors (Lipinski definition) is 3. The summed E-state index contributed by atoms with van der Waals surface area (Å²) in [7, 11) is 2.17. The Morgan fingerprint density at radius 1 is 1.33 bits per heavy atom. The second-order valence-electron chi connectivity index (χ2n) is 7.27. The van der Waals surface area contributed by atoms with Crippen molar-refractivity contribution in [2.24, 2.45) is 5.92 Å². The zero-order valence-electron chi connectivity index (χ0n) is 15.6. The Bertz CT molecular complexity index is 530. The van der Waals surface area contributed by atoms with Gasteiger partial charge in [0, 0.05) is 32.1 Å². The molecule has 0 aliphatic carbocycles. The summed E-state index contributed by atoms with van der Waals surface area (Å²) in [4.78, 5) is 16.3. The minimum absolute atomic E-state index is 0.313. The molecule has 0 N–H and O–H groups in total. The van der Waals surface area contributed by atoms with Crippen LogP contribution in [0.3, 0.4) is 0 Å². The van der Waals surface area contributed by atoms with Crippen molar-refractivity contribution in [3.8, 4) is 5.75 Å². The minimum atomic E-state index is 0.313. The summed E-state index contributed by atoms with van der Waals surface area (Å²) in [6, 6.07) is 8.46. The van der Waals surface area contributed by atoms with Crippen LogP contribution < -0.4 is 4.74 Å². The highest BCUT2D eigenvalue weighted by atomic mass is 16.5. The third-order valence-corrected chi connectivity index (χ3v) is 4.77. The van der Waals surface area contributed by atoms with Crippen molar-refractivity contribution in [3.05, 3.63) is 29.8 Å². The number of carbonyl (C=O) groups is 1. The number of rotatable bonds is 8. The Labute approximate surface area is 146 Å². The van der Waals surface area contributed by atoms with E-state index in [9.17, 15) is 4.79 Å². The molecule has 0 radical (unpaired) electrons. The van der Waals surface area contributed by atoms with Gasteiger partial charge in [-0.3, -0.25) is 4.79 Å². The molecule has 24 heavy (non-hydrogen) atoms. The molecule has 1 atom stereocenters. The average Bonchev–Trinajstić information content (AvgIpc) is 2.54. The van der Waals surface area contributed by atoms with E-state index >= 15 is 0 Å². The molecule has 1 amide bonds. The Morgan fingerprint density at radius 3 is 2.79 bits per heavy atom. The number of para-hydroxylation sites is 1. The molecule has 2 rings (SSSR count). The van der Waals surface area contributed by atoms with E-state index in [-0.39, 0.29) is 0 Å². The molecule has 4 heteroatoms. The molecule has 1 unspecified atom stereocenters. The molecule has 4 nitrogen and oxygen atoms in total. The SMILES string of the molecule is Cc1ccccc1OCCCN(C)CC1CCC(=O)N(C(C)C)C1. The fourth-order valence-electron chi connectivity index (χ4n) is 3.36. The number of benzene rings is 1. The van der Waals surface area contributed by atoms with Crippen molar-refractivity contribution >= 4 is 5.91 Å². The van der Waals surface area contributed by atoms with Crippen LogP contribution in [0.4, 0.5) is 0 Å². The Morgan fingerprint density at radius 2 is 2.08 bits per heavy atom. The Kier molecular flexibility index (Phi) is 7.10. The summed E-state index contributed by atoms with van der Waals surface area (Å²) in [5, 5.41) is 0. The van der Waals surface area contributed by atoms with E-state index < -0.39 is 0 Å². The topological polar surface area (TPSA) is 32.8 Å². The molecule has 1 aromatic carbocycles. The first-order valence-corrected chi connectivity index (χ1v) is 9.13. The number of carbonyl (C=O) groups excluding carboxylic acids is 1. The standard InChI is InChI=1S/C20H32N2O2/c1-16(2)22-15-18(10-11-20(22)23)14-21(4)12-7-13-24-19-9-6-5-8-17(19)3/h5-6,8-9,16,18H,7,10-15H2,1-4H3. The molecule has 0 bridgehead atoms. The van der Waals surface area contributed by atoms with Crippen molar-refractivity contribution in [2.45, 2.75) is 46.1 Å². The van der Waals surface area contributed by atoms with Crippen LogP contribution >= 0.6 is 0 Å². The first-order valence-electron chi connectivity index (χ1n) is 9.13. The van der Waals surface area contributed by atoms with Gasteiger partial charge in [0.1, 0.15) is 5.75 Å². The fraction of sp³-hybridized carbons (Fsp3) is 0.650. The number of amides is 1. The summed E-state index contributed by atoms with van der Waals surface area (Å²) < 4.78 is 5.86. The lowest BCUT2D eigenvalue weighted by Gasteiger charge is -2.37. The van der Waals surface area contributed by atoms with Crippen molar-refractivity contribution in [1.82, 2.24) is 9.80 Å². The maximum atomic E-state index is 11.9. The number of ether oxygens (including phenoxy) is 1. The van der Waals surface area contributed by atoms with E-state index in [4.69, 9.17) is 4.74 Å². The molecular weight excluding hydrogens is 300 g/mol. The maximum absolute atomic E-state index is 11.9. The minimum Gasteiger partial charge on any atom is -0.493 e. The Balaban J connectivity index is 1.67. The van der Waals surface area contributed by atoms with Crippen LogP contribution in [0.1, 0.15) is 38.7 Å². The summed E-state index contributed by atoms with van der Waals surface area (Å²) in [5.74, 6) is 1.89. The summed E-state index contributed by atoms with van der Waals surface area (Å²) >= 11 is 0. The largest absolute Gasteiger partial charge is 0.493 e. The highest BCUT2D eigenvalue weighted by Crippen LogP contribution is 2.20. The molecule has 1 aromatic rings. The Hall–Kier alpha value is -1.55. The van der Waals surface area contributed by atoms with Gasteiger partial charge in [0.2, 0.25) is 5.91 Å². The number of piperidine rings is 1. The second-order valence-corrected chi connectivity index (χ2v) is 7.27. The van der Waals surface area contributed by atoms with Crippen LogP contribution in [0.15, 0.2) is 24.3 Å². The monoisotopic (exact) mass is 332 g/mol. The molecule has 134 valence electrons. The molecule has 0 spiro atoms. The lowest BCUT2D eigenvalue weighted by atomic mass is 9.96. The van der Waals surface area contributed by atoms with Gasteiger partial charge in [-0.2, -0.15) is 0 Å². The molecule has 1 aliphatic heterocycles. The van der Waals surface area contributed by atoms with Gasteiger partial charge >= 0.3 is 0 Å². The van der Waals surface area contributed by atoms with Crippen molar-refractivity contribution < 1.29 is 9.53 Å². The van der Waals surface area contributed by atoms with E-state index in [0.717, 1.165) is 44.8 Å². The van der Waals surface area contributed by atoms with E-state index in [2.05, 4.69) is 38.8 Å². The van der Waals surface area contributed by atoms with E-state index in [0.29, 0.717) is 24.3 Å². The van der Waals surface area contributed by atoms with Crippen LogP contribution in [0.2, 0.25) is 0 Å². The van der Waals surface area contributed by atoms with Crippen LogP contribution in [-0.2, 0) is 4.79 Å². The van der Waals surface area contributed by atoms with Crippen molar-refractivity contribution in [1.29, 1.82) is 0 Å². The van der Waals surface area contributed by atoms with Crippen molar-refractivity contribution in [2.75, 3.05) is 33.3 Å². The summed E-state index contributed by atoms with van der Waals surface area (Å²) in [6.07, 6.45) is 2.74. The zero-order chi connectivity index (χ0) is 17.5. The number of likely N-dealkylation sites (tertiary alicyclic amines) is 1. The predicted octanol–water partition coefficient (Wildman–Crippen LogP) is 3.34. The van der Waals surface area contributed by atoms with E-state index in [1.807, 2.05) is 23.1 Å². The van der Waals surface area contributed by atoms with Crippen LogP contribution in [0.25, 0.3) is 0 Å². The smallest absolute Gasteiger partial charge is 0.222 e. The van der Waals surface area contributed by atoms with Gasteiger partial charge in [0.05, 0.1) is 6.61 Å². The highest BCUT2D eigenvalue weighted by molar-refractivity contribution is 5.77. The molecule has 0 aromatic heterocycles. The second kappa shape index (κ2) is 9.07. The quantitative estimate of drug-likeness (QED) is 0.685. The maximum Gasteiger partial charge on any atom is 0.222 e. The average molecular weight is 332 g/mol. The number of nitrogens with zero attached hydrogens (tertiary/aromatic N) is 2. The molecule has 1 fully saturated rings. The fourth-order valence-corrected chi connectivity index (χ4v) is 3.36. The van der Waals surface area contributed by atoms with E-state index in [1.165, 1.54) is 5.56 Å². The van der Waals surface area contributed by atoms with Crippen molar-refractivity contribution in [3.63, 3.8) is 0 Å². The lowest BCUT2D eigenvalue weighted by Crippen LogP contribution is -2.46. The molecule has 1 aliphatic rings. The van der Waals surface area contributed by atoms with Gasteiger partial charge in [0.15, 0.2) is 0 Å². The molecule has 1 saturated heterocycles. The third kappa shape index (κ3) is 5.52. The highest BCUT2D eigenvalue weighted by Gasteiger charge is 2.27. The zero-order valence-corrected chi connectivity index (χ0v) is 15.6. The summed E-state index contributed by atoms with van der Waals surface area (Å²) in [6.45, 7) is 10.0.